The summed E-state index contributed by atoms with van der Waals surface area (Å²) in [7, 11) is 4.80. The highest BCUT2D eigenvalue weighted by Crippen LogP contribution is 2.21. The number of quaternary nitrogens is 2. The number of carbonyl (C=O) groups is 1. The van der Waals surface area contributed by atoms with E-state index in [1.807, 2.05) is 48.5 Å². The lowest BCUT2D eigenvalue weighted by atomic mass is 10.2. The molecule has 0 fully saturated rings. The van der Waals surface area contributed by atoms with Crippen molar-refractivity contribution in [1.29, 1.82) is 0 Å². The third-order valence-electron chi connectivity index (χ3n) is 3.80. The molecule has 0 aliphatic carbocycles. The molecule has 2 amide bonds. The number of urea groups is 1. The van der Waals surface area contributed by atoms with Gasteiger partial charge in [0.25, 0.3) is 0 Å². The van der Waals surface area contributed by atoms with Gasteiger partial charge in [-0.15, -0.1) is 0 Å². The summed E-state index contributed by atoms with van der Waals surface area (Å²) in [5.41, 5.74) is 3.90. The second-order valence-electron chi connectivity index (χ2n) is 9.11. The van der Waals surface area contributed by atoms with Crippen molar-refractivity contribution >= 4 is 49.0 Å². The molecule has 2 aromatic carbocycles. The van der Waals surface area contributed by atoms with Crippen LogP contribution in [-0.4, -0.2) is 86.8 Å². The van der Waals surface area contributed by atoms with Gasteiger partial charge >= 0.3 is 6.03 Å². The van der Waals surface area contributed by atoms with Crippen LogP contribution in [0.5, 0.6) is 0 Å². The fourth-order valence-electron chi connectivity index (χ4n) is 2.28. The first-order valence-electron chi connectivity index (χ1n) is 9.79. The minimum absolute atomic E-state index is 0.244. The molecule has 0 spiro atoms. The summed E-state index contributed by atoms with van der Waals surface area (Å²) in [6.45, 7) is 0. The Bertz CT molecular complexity index is 1030. The molecule has 0 atom stereocenters. The van der Waals surface area contributed by atoms with Crippen LogP contribution < -0.4 is 19.6 Å². The van der Waals surface area contributed by atoms with Gasteiger partial charge in [0.2, 0.25) is 0 Å². The molecular formula is C21H34N4O7S2. The molecule has 0 saturated carbocycles. The number of hydrogen-bond donors (Lipinski definition) is 2. The van der Waals surface area contributed by atoms with Crippen LogP contribution >= 0.6 is 0 Å². The summed E-state index contributed by atoms with van der Waals surface area (Å²) in [4.78, 5) is 12.1. The second-order valence-corrected chi connectivity index (χ2v) is 11.9. The van der Waals surface area contributed by atoms with Crippen LogP contribution in [-0.2, 0) is 20.2 Å². The van der Waals surface area contributed by atoms with E-state index in [0.717, 1.165) is 20.3 Å². The maximum atomic E-state index is 12.1. The van der Waals surface area contributed by atoms with E-state index < -0.39 is 20.2 Å². The van der Waals surface area contributed by atoms with Crippen molar-refractivity contribution in [3.05, 3.63) is 48.5 Å². The van der Waals surface area contributed by atoms with Gasteiger partial charge in [-0.05, 0) is 24.3 Å². The number of amides is 2. The van der Waals surface area contributed by atoms with Gasteiger partial charge in [-0.1, -0.05) is 0 Å². The van der Waals surface area contributed by atoms with Crippen LogP contribution in [0.4, 0.5) is 27.5 Å². The minimum Gasteiger partial charge on any atom is -0.748 e. The van der Waals surface area contributed by atoms with Gasteiger partial charge in [0, 0.05) is 48.2 Å². The molecule has 0 radical (unpaired) electrons. The zero-order valence-electron chi connectivity index (χ0n) is 20.7. The van der Waals surface area contributed by atoms with Crippen molar-refractivity contribution < 1.29 is 30.7 Å². The molecule has 0 aromatic heterocycles. The molecule has 2 aromatic rings. The summed E-state index contributed by atoms with van der Waals surface area (Å²) in [6, 6.07) is 15.5. The third-order valence-corrected chi connectivity index (χ3v) is 3.80. The molecule has 2 N–H and O–H groups in total. The summed E-state index contributed by atoms with van der Waals surface area (Å²) in [5.74, 6) is 0. The zero-order chi connectivity index (χ0) is 27.0. The first-order chi connectivity index (χ1) is 15.1. The largest absolute Gasteiger partial charge is 0.748 e. The molecule has 0 saturated heterocycles. The highest BCUT2D eigenvalue weighted by atomic mass is 32.2. The van der Waals surface area contributed by atoms with Crippen molar-refractivity contribution in [3.63, 3.8) is 0 Å². The second kappa shape index (κ2) is 12.2. The molecule has 192 valence electrons. The summed E-state index contributed by atoms with van der Waals surface area (Å²) >= 11 is 0. The maximum Gasteiger partial charge on any atom is 0.323 e. The van der Waals surface area contributed by atoms with Crippen LogP contribution in [0.1, 0.15) is 0 Å². The molecule has 2 rings (SSSR count). The smallest absolute Gasteiger partial charge is 0.323 e. The number of rotatable bonds is 4. The van der Waals surface area contributed by atoms with Gasteiger partial charge < -0.3 is 19.7 Å². The minimum atomic E-state index is -3.92. The van der Waals surface area contributed by atoms with Crippen molar-refractivity contribution in [2.45, 2.75) is 0 Å². The standard InChI is InChI=1S/C19H27N4O.2CH4O3S/c1-22(2,3)17-11-7-15(8-12-17)20-19(24)21-16-9-13-18(14-10-16)23(4,5)6;2*1-5(2,3)4/h7-14H,1-6H3,(H-,20,21,24);2*1H3,(H,2,3,4)/q+1;;/p-1. The monoisotopic (exact) mass is 518 g/mol. The van der Waals surface area contributed by atoms with E-state index in [2.05, 4.69) is 52.9 Å². The van der Waals surface area contributed by atoms with Crippen LogP contribution in [0.3, 0.4) is 0 Å². The molecule has 13 heteroatoms. The van der Waals surface area contributed by atoms with E-state index in [9.17, 15) is 4.79 Å². The lowest BCUT2D eigenvalue weighted by Crippen LogP contribution is -2.34. The first-order valence-corrected chi connectivity index (χ1v) is 13.4. The van der Waals surface area contributed by atoms with E-state index in [0.29, 0.717) is 12.5 Å². The third kappa shape index (κ3) is 17.0. The number of nitrogens with one attached hydrogen (secondary N) is 2. The fourth-order valence-corrected chi connectivity index (χ4v) is 2.28. The molecule has 0 aliphatic heterocycles. The lowest BCUT2D eigenvalue weighted by Gasteiger charge is -2.23. The predicted octanol–water partition coefficient (Wildman–Crippen LogP) is 2.05. The first kappa shape index (κ1) is 31.4. The Kier molecular flexibility index (Phi) is 11.3. The average Bonchev–Trinajstić information content (AvgIpc) is 2.58. The normalized spacial score (nSPS) is 11.8. The topological polar surface area (TPSA) is 156 Å². The number of hydrogen-bond acceptors (Lipinski definition) is 7. The van der Waals surface area contributed by atoms with E-state index in [4.69, 9.17) is 25.9 Å². The molecule has 11 nitrogen and oxygen atoms in total. The van der Waals surface area contributed by atoms with E-state index >= 15 is 0 Å². The summed E-state index contributed by atoms with van der Waals surface area (Å²) in [6.07, 6.45) is 1.21. The molecule has 0 heterocycles. The van der Waals surface area contributed by atoms with Crippen molar-refractivity contribution in [2.75, 3.05) is 65.4 Å². The van der Waals surface area contributed by atoms with Gasteiger partial charge in [-0.2, -0.15) is 0 Å². The van der Waals surface area contributed by atoms with Crippen molar-refractivity contribution in [3.8, 4) is 0 Å². The Hall–Kier alpha value is -2.55. The molecule has 34 heavy (non-hydrogen) atoms. The lowest BCUT2D eigenvalue weighted by molar-refractivity contribution is 0.262. The highest BCUT2D eigenvalue weighted by Gasteiger charge is 2.13. The van der Waals surface area contributed by atoms with Gasteiger partial charge in [-0.3, -0.25) is 8.97 Å². The van der Waals surface area contributed by atoms with Crippen LogP contribution in [0.15, 0.2) is 48.5 Å². The highest BCUT2D eigenvalue weighted by molar-refractivity contribution is 7.85. The van der Waals surface area contributed by atoms with E-state index in [1.54, 1.807) is 0 Å². The van der Waals surface area contributed by atoms with Gasteiger partial charge in [0.05, 0.1) is 62.5 Å². The molecule has 0 unspecified atom stereocenters. The Morgan fingerprint density at radius 1 is 0.618 bits per heavy atom. The molecular weight excluding hydrogens is 484 g/mol. The number of nitrogens with zero attached hydrogens (tertiary/aromatic N) is 2. The van der Waals surface area contributed by atoms with Crippen molar-refractivity contribution in [2.24, 2.45) is 0 Å². The van der Waals surface area contributed by atoms with E-state index in [-0.39, 0.29) is 6.03 Å². The average molecular weight is 519 g/mol. The Morgan fingerprint density at radius 3 is 1.00 bits per heavy atom. The Balaban J connectivity index is 0.000000916. The van der Waals surface area contributed by atoms with Crippen LogP contribution in [0.2, 0.25) is 0 Å². The van der Waals surface area contributed by atoms with Gasteiger partial charge in [-0.25, -0.2) is 21.6 Å². The summed E-state index contributed by atoms with van der Waals surface area (Å²) < 4.78 is 55.9. The zero-order valence-corrected chi connectivity index (χ0v) is 22.3. The van der Waals surface area contributed by atoms with Crippen molar-refractivity contribution in [1.82, 2.24) is 8.97 Å². The number of benzene rings is 2. The molecule has 0 bridgehead atoms. The Labute approximate surface area is 202 Å². The Morgan fingerprint density at radius 2 is 0.824 bits per heavy atom. The summed E-state index contributed by atoms with van der Waals surface area (Å²) in [5, 5.41) is 5.71. The van der Waals surface area contributed by atoms with Crippen LogP contribution in [0, 0.1) is 0 Å². The maximum absolute atomic E-state index is 12.1. The molecule has 0 aliphatic rings. The van der Waals surface area contributed by atoms with Gasteiger partial charge in [0.15, 0.2) is 0 Å². The van der Waals surface area contributed by atoms with Gasteiger partial charge in [0.1, 0.15) is 11.4 Å². The SMILES string of the molecule is CS(=O)(=O)[O-].CS(=O)(=O)[O-].C[N+](C)(C)c1ccc(NC(=O)Nc2ccc([N+](C)(C)C)cc2)cc1. The number of carbonyl (C=O) groups excluding carboxylic acids is 1. The quantitative estimate of drug-likeness (QED) is 0.463. The van der Waals surface area contributed by atoms with Crippen LogP contribution in [0.25, 0.3) is 0 Å². The number of anilines is 2. The fraction of sp³-hybridized carbons (Fsp3) is 0.381. The predicted molar refractivity (Wildman–Crippen MR) is 136 cm³/mol. The van der Waals surface area contributed by atoms with E-state index in [1.165, 1.54) is 11.4 Å².